The number of aromatic nitrogens is 6. The fraction of sp³-hybridized carbons (Fsp3) is 0.353. The number of ether oxygens (including phenoxy) is 1. The van der Waals surface area contributed by atoms with Gasteiger partial charge in [-0.1, -0.05) is 6.07 Å². The summed E-state index contributed by atoms with van der Waals surface area (Å²) in [6.45, 7) is -3.33. The lowest BCUT2D eigenvalue weighted by Crippen LogP contribution is -2.34. The Balaban J connectivity index is 1.56. The number of rotatable bonds is 10. The Morgan fingerprint density at radius 2 is 1.97 bits per heavy atom. The molecule has 0 bridgehead atoms. The smallest absolute Gasteiger partial charge is 0.387 e. The maximum Gasteiger partial charge on any atom is 0.387 e. The van der Waals surface area contributed by atoms with Gasteiger partial charge >= 0.3 is 6.61 Å². The minimum atomic E-state index is -3.56. The molecule has 0 amide bonds. The average molecular weight is 470 g/mol. The van der Waals surface area contributed by atoms with Gasteiger partial charge in [-0.15, -0.1) is 10.2 Å². The van der Waals surface area contributed by atoms with Crippen LogP contribution in [0.15, 0.2) is 30.6 Å². The quantitative estimate of drug-likeness (QED) is 0.402. The molecule has 1 atom stereocenters. The van der Waals surface area contributed by atoms with Crippen LogP contribution < -0.4 is 14.8 Å². The molecule has 15 heteroatoms. The Morgan fingerprint density at radius 3 is 2.56 bits per heavy atom. The van der Waals surface area contributed by atoms with Crippen molar-refractivity contribution in [3.05, 3.63) is 42.0 Å². The van der Waals surface area contributed by atoms with Crippen LogP contribution in [0.4, 0.5) is 19.1 Å². The highest BCUT2D eigenvalue weighted by Gasteiger charge is 2.36. The number of aromatic amines is 1. The van der Waals surface area contributed by atoms with Gasteiger partial charge in [-0.25, -0.2) is 27.5 Å². The summed E-state index contributed by atoms with van der Waals surface area (Å²) in [7, 11) is -3.56. The summed E-state index contributed by atoms with van der Waals surface area (Å²) >= 11 is 0. The Hall–Kier alpha value is -3.33. The molecular weight excluding hydrogens is 453 g/mol. The van der Waals surface area contributed by atoms with Gasteiger partial charge in [0.15, 0.2) is 0 Å². The third kappa shape index (κ3) is 5.28. The molecule has 3 N–H and O–H groups in total. The molecular formula is C17H17F3N8O3S. The number of halogens is 3. The monoisotopic (exact) mass is 470 g/mol. The number of H-pyrrole nitrogens is 1. The zero-order chi connectivity index (χ0) is 22.7. The van der Waals surface area contributed by atoms with Crippen LogP contribution in [0.25, 0.3) is 11.4 Å². The summed E-state index contributed by atoms with van der Waals surface area (Å²) in [5.74, 6) is -0.889. The molecule has 1 aromatic carbocycles. The zero-order valence-electron chi connectivity index (χ0n) is 16.2. The van der Waals surface area contributed by atoms with Crippen molar-refractivity contribution in [2.24, 2.45) is 0 Å². The van der Waals surface area contributed by atoms with Gasteiger partial charge in [0.2, 0.25) is 21.8 Å². The molecule has 170 valence electrons. The third-order valence-electron chi connectivity index (χ3n) is 4.58. The normalized spacial score (nSPS) is 15.0. The molecule has 1 aliphatic carbocycles. The number of hydrogen-bond acceptors (Lipinski definition) is 9. The van der Waals surface area contributed by atoms with Crippen LogP contribution in [0.5, 0.6) is 5.75 Å². The second kappa shape index (κ2) is 9.04. The lowest BCUT2D eigenvalue weighted by Gasteiger charge is -2.21. The first kappa shape index (κ1) is 21.9. The van der Waals surface area contributed by atoms with E-state index in [1.54, 1.807) is 0 Å². The predicted molar refractivity (Wildman–Crippen MR) is 105 cm³/mol. The lowest BCUT2D eigenvalue weighted by atomic mass is 10.1. The Morgan fingerprint density at radius 1 is 1.22 bits per heavy atom. The summed E-state index contributed by atoms with van der Waals surface area (Å²) in [6, 6.07) is 2.24. The molecule has 2 aromatic heterocycles. The molecule has 32 heavy (non-hydrogen) atoms. The number of hydrogen-bond donors (Lipinski definition) is 3. The van der Waals surface area contributed by atoms with Gasteiger partial charge in [0.1, 0.15) is 11.6 Å². The van der Waals surface area contributed by atoms with Crippen LogP contribution in [0.1, 0.15) is 24.4 Å². The molecule has 1 aliphatic rings. The SMILES string of the molecule is O=S(=O)(NCC(Nc1ncc(-c2nn[nH]n2)cn1)c1ccc(OC(F)F)cc1F)C1CC1. The number of anilines is 1. The van der Waals surface area contributed by atoms with Gasteiger partial charge in [0.25, 0.3) is 0 Å². The summed E-state index contributed by atoms with van der Waals surface area (Å²) in [6.07, 6.45) is 3.92. The van der Waals surface area contributed by atoms with Crippen molar-refractivity contribution >= 4 is 16.0 Å². The van der Waals surface area contributed by atoms with Crippen molar-refractivity contribution in [1.82, 2.24) is 35.3 Å². The standard InChI is InChI=1S/C17H17F3N8O3S/c18-13-5-10(31-16(19)20)1-4-12(13)14(8-23-32(29,30)11-2-3-11)24-17-21-6-9(7-22-17)15-25-27-28-26-15/h1,4-7,11,14,16,23H,2-3,8H2,(H,21,22,24)(H,25,26,27,28). The van der Waals surface area contributed by atoms with Crippen molar-refractivity contribution in [2.75, 3.05) is 11.9 Å². The van der Waals surface area contributed by atoms with Crippen molar-refractivity contribution in [2.45, 2.75) is 30.7 Å². The van der Waals surface area contributed by atoms with Gasteiger partial charge in [0.05, 0.1) is 16.9 Å². The molecule has 11 nitrogen and oxygen atoms in total. The highest BCUT2D eigenvalue weighted by atomic mass is 32.2. The first-order valence-corrected chi connectivity index (χ1v) is 10.9. The van der Waals surface area contributed by atoms with Gasteiger partial charge in [-0.2, -0.15) is 14.0 Å². The number of benzene rings is 1. The van der Waals surface area contributed by atoms with Gasteiger partial charge in [-0.3, -0.25) is 0 Å². The fourth-order valence-electron chi connectivity index (χ4n) is 2.86. The first-order chi connectivity index (χ1) is 15.3. The van der Waals surface area contributed by atoms with E-state index in [1.807, 2.05) is 0 Å². The molecule has 3 aromatic rings. The maximum atomic E-state index is 14.7. The molecule has 2 heterocycles. The van der Waals surface area contributed by atoms with E-state index < -0.39 is 33.7 Å². The summed E-state index contributed by atoms with van der Waals surface area (Å²) in [4.78, 5) is 8.22. The number of alkyl halides is 2. The van der Waals surface area contributed by atoms with E-state index in [2.05, 4.69) is 45.4 Å². The zero-order valence-corrected chi connectivity index (χ0v) is 17.1. The van der Waals surface area contributed by atoms with Crippen LogP contribution in [0, 0.1) is 5.82 Å². The van der Waals surface area contributed by atoms with Crippen molar-refractivity contribution in [3.8, 4) is 17.1 Å². The lowest BCUT2D eigenvalue weighted by molar-refractivity contribution is -0.0500. The van der Waals surface area contributed by atoms with E-state index in [0.29, 0.717) is 18.4 Å². The number of tetrazole rings is 1. The Bertz CT molecular complexity index is 1160. The second-order valence-electron chi connectivity index (χ2n) is 6.88. The van der Waals surface area contributed by atoms with Crippen LogP contribution in [-0.2, 0) is 10.0 Å². The molecule has 1 fully saturated rings. The number of nitrogens with zero attached hydrogens (tertiary/aromatic N) is 5. The van der Waals surface area contributed by atoms with Crippen molar-refractivity contribution in [1.29, 1.82) is 0 Å². The van der Waals surface area contributed by atoms with Crippen LogP contribution >= 0.6 is 0 Å². The minimum Gasteiger partial charge on any atom is -0.435 e. The molecule has 0 saturated heterocycles. The van der Waals surface area contributed by atoms with Gasteiger partial charge in [-0.05, 0) is 24.1 Å². The minimum absolute atomic E-state index is 0.0101. The topological polar surface area (TPSA) is 148 Å². The van der Waals surface area contributed by atoms with Crippen LogP contribution in [0.2, 0.25) is 0 Å². The summed E-state index contributed by atoms with van der Waals surface area (Å²) < 4.78 is 70.6. The highest BCUT2D eigenvalue weighted by Crippen LogP contribution is 2.29. The van der Waals surface area contributed by atoms with E-state index in [4.69, 9.17) is 0 Å². The highest BCUT2D eigenvalue weighted by molar-refractivity contribution is 7.90. The maximum absolute atomic E-state index is 14.7. The molecule has 0 spiro atoms. The molecule has 0 aliphatic heterocycles. The predicted octanol–water partition coefficient (Wildman–Crippen LogP) is 1.63. The molecule has 0 radical (unpaired) electrons. The fourth-order valence-corrected chi connectivity index (χ4v) is 4.25. The average Bonchev–Trinajstić information content (AvgIpc) is 3.48. The van der Waals surface area contributed by atoms with Crippen molar-refractivity contribution < 1.29 is 26.3 Å². The summed E-state index contributed by atoms with van der Waals surface area (Å²) in [5, 5.41) is 15.7. The van der Waals surface area contributed by atoms with E-state index in [1.165, 1.54) is 18.5 Å². The number of sulfonamides is 1. The van der Waals surface area contributed by atoms with Crippen LogP contribution in [-0.4, -0.2) is 57.4 Å². The van der Waals surface area contributed by atoms with Gasteiger partial charge in [0, 0.05) is 30.6 Å². The third-order valence-corrected chi connectivity index (χ3v) is 6.50. The summed E-state index contributed by atoms with van der Waals surface area (Å²) in [5.41, 5.74) is 0.478. The Kier molecular flexibility index (Phi) is 6.18. The van der Waals surface area contributed by atoms with Crippen molar-refractivity contribution in [3.63, 3.8) is 0 Å². The van der Waals surface area contributed by atoms with E-state index in [-0.39, 0.29) is 29.6 Å². The molecule has 1 saturated carbocycles. The van der Waals surface area contributed by atoms with E-state index in [0.717, 1.165) is 12.1 Å². The van der Waals surface area contributed by atoms with E-state index >= 15 is 0 Å². The number of nitrogens with one attached hydrogen (secondary N) is 3. The molecule has 1 unspecified atom stereocenters. The van der Waals surface area contributed by atoms with Gasteiger partial charge < -0.3 is 10.1 Å². The largest absolute Gasteiger partial charge is 0.435 e. The van der Waals surface area contributed by atoms with Crippen LogP contribution in [0.3, 0.4) is 0 Å². The van der Waals surface area contributed by atoms with E-state index in [9.17, 15) is 21.6 Å². The Labute approximate surface area is 179 Å². The molecule has 4 rings (SSSR count). The second-order valence-corrected chi connectivity index (χ2v) is 8.93. The first-order valence-electron chi connectivity index (χ1n) is 9.37.